The number of ether oxygens (including phenoxy) is 4. The molecule has 2 saturated heterocycles. The van der Waals surface area contributed by atoms with Crippen molar-refractivity contribution in [3.05, 3.63) is 253 Å². The summed E-state index contributed by atoms with van der Waals surface area (Å²) >= 11 is 3.54. The zero-order chi connectivity index (χ0) is 70.9. The monoisotopic (exact) mass is 1370 g/mol. The van der Waals surface area contributed by atoms with Crippen LogP contribution in [0.3, 0.4) is 0 Å². The Morgan fingerprint density at radius 2 is 1.24 bits per heavy atom. The number of esters is 2. The summed E-state index contributed by atoms with van der Waals surface area (Å²) in [4.78, 5) is 27.9. The third-order valence-electron chi connectivity index (χ3n) is 14.3. The number of rotatable bonds is 29. The lowest BCUT2D eigenvalue weighted by Gasteiger charge is -2.31. The van der Waals surface area contributed by atoms with Gasteiger partial charge in [-0.3, -0.25) is 9.80 Å². The minimum Gasteiger partial charge on any atom is -0.497 e. The first kappa shape index (κ1) is 90.3. The Hall–Kier alpha value is -5.66. The van der Waals surface area contributed by atoms with E-state index < -0.39 is 0 Å². The van der Waals surface area contributed by atoms with Crippen LogP contribution in [0.4, 0.5) is 10.1 Å². The van der Waals surface area contributed by atoms with Crippen LogP contribution in [0.25, 0.3) is 0 Å². The largest absolute Gasteiger partial charge is 0.497 e. The van der Waals surface area contributed by atoms with E-state index in [4.69, 9.17) is 14.2 Å². The molecule has 5 aromatic carbocycles. The van der Waals surface area contributed by atoms with Crippen LogP contribution in [0.5, 0.6) is 5.75 Å². The van der Waals surface area contributed by atoms with Crippen molar-refractivity contribution in [3.8, 4) is 5.75 Å². The molecule has 3 heterocycles. The first-order chi connectivity index (χ1) is 46.8. The van der Waals surface area contributed by atoms with Crippen molar-refractivity contribution in [3.63, 3.8) is 0 Å². The van der Waals surface area contributed by atoms with Crippen LogP contribution < -0.4 is 52.6 Å². The maximum atomic E-state index is 12.5. The summed E-state index contributed by atoms with van der Waals surface area (Å²) in [5, 5.41) is 18.8. The number of benzene rings is 5. The predicted octanol–water partition coefficient (Wildman–Crippen LogP) is 2.48. The summed E-state index contributed by atoms with van der Waals surface area (Å²) in [5.74, 6) is 1.30. The molecule has 17 nitrogen and oxygen atoms in total. The van der Waals surface area contributed by atoms with E-state index in [1.54, 1.807) is 47.8 Å². The van der Waals surface area contributed by atoms with Crippen molar-refractivity contribution < 1.29 is 80.8 Å². The molecule has 0 spiro atoms. The molecular weight excluding hydrogens is 1250 g/mol. The van der Waals surface area contributed by atoms with Crippen LogP contribution >= 0.6 is 23.1 Å². The number of hydrogen-bond acceptors (Lipinski definition) is 10. The smallest absolute Gasteiger partial charge is 0.362 e. The average molecular weight is 1370 g/mol. The fourth-order valence-electron chi connectivity index (χ4n) is 8.87. The molecule has 2 fully saturated rings. The molecule has 2 aliphatic heterocycles. The highest BCUT2D eigenvalue weighted by molar-refractivity contribution is 7.98. The zero-order valence-corrected chi connectivity index (χ0v) is 60.8. The number of carbonyl (C=O) groups excluding carboxylic acids is 2. The fourth-order valence-corrected chi connectivity index (χ4v) is 10.1. The molecule has 0 saturated carbocycles. The Morgan fingerprint density at radius 3 is 1.77 bits per heavy atom. The van der Waals surface area contributed by atoms with Gasteiger partial charge < -0.3 is 66.8 Å². The van der Waals surface area contributed by atoms with Crippen molar-refractivity contribution in [1.82, 2.24) is 9.80 Å². The first-order valence-electron chi connectivity index (χ1n) is 33.7. The van der Waals surface area contributed by atoms with Gasteiger partial charge in [-0.25, -0.2) is 14.0 Å². The standard InChI is InChI=1S/C13H20N2.2C10H15N.C8H10FN.C8H17NO2S.C8H11NO.C7H16N2O.C7H11NS.C5H11NO2/c1-14-13-7-9-15(10-8-13)11-12-5-3-2-4-6-12;1-9-3-5-10(6-4-9)7-8-11-2;1-11-9-5-8-10-6-3-2-4-7-10;1-10-6-7-3-2-4-8(9)5-7;1-4-11-8(10)7(9-2)5-6-12-3;1-9-7-4-3-5-8(6-7)10-2;1-8-2-3-9-4-6-10-7-5-9;1-8-5-4-7-3-2-6-9-7;1-3-8-5(7)4-6-2/h2-6,13H,1,7-11,14H2;3-6H,2,7-8,11H2,1H3;2-4,6-7H,1,5,8-9,11H2;2-5H,1,6,10H2;7H,2,4-6,9H2,1,3H3;3-6H,1,9H2,2H3;1-8H2;2-3,6H,1,4-5,8H2;2-4,6H2,1H3/t;;;;7-;;;;/m....0..../s1. The van der Waals surface area contributed by atoms with Crippen molar-refractivity contribution in [2.75, 3.05) is 111 Å². The van der Waals surface area contributed by atoms with Gasteiger partial charge in [-0.15, -0.1) is 18.4 Å². The van der Waals surface area contributed by atoms with Gasteiger partial charge in [0.2, 0.25) is 0 Å². The van der Waals surface area contributed by atoms with Gasteiger partial charge in [-0.2, -0.15) is 68.1 Å². The van der Waals surface area contributed by atoms with Crippen LogP contribution in [-0.4, -0.2) is 145 Å². The molecule has 96 heavy (non-hydrogen) atoms. The molecule has 2 aliphatic rings. The molecule has 6 aromatic rings. The van der Waals surface area contributed by atoms with E-state index in [9.17, 15) is 14.0 Å². The van der Waals surface area contributed by atoms with Crippen molar-refractivity contribution in [2.24, 2.45) is 0 Å². The highest BCUT2D eigenvalue weighted by Gasteiger charge is 2.19. The number of halogens is 1. The summed E-state index contributed by atoms with van der Waals surface area (Å²) in [7, 11) is 34.5. The summed E-state index contributed by atoms with van der Waals surface area (Å²) in [6, 6.07) is 49.1. The number of nitrogens with zero attached hydrogens (tertiary/aromatic N) is 2. The molecule has 0 amide bonds. The number of morpholine rings is 1. The van der Waals surface area contributed by atoms with Gasteiger partial charge in [-0.05, 0) is 98.0 Å². The van der Waals surface area contributed by atoms with Crippen LogP contribution in [0.15, 0.2) is 151 Å². The molecule has 1 aromatic heterocycles. The van der Waals surface area contributed by atoms with Crippen LogP contribution in [0.2, 0.25) is 0 Å². The van der Waals surface area contributed by atoms with Crippen LogP contribution in [0, 0.1) is 76.2 Å². The number of piperidine rings is 1. The molecule has 0 bridgehead atoms. The molecule has 0 aliphatic carbocycles. The lowest BCUT2D eigenvalue weighted by atomic mass is 10.0. The van der Waals surface area contributed by atoms with Gasteiger partial charge in [0.05, 0.1) is 72.3 Å². The molecule has 8 rings (SSSR count). The van der Waals surface area contributed by atoms with Crippen molar-refractivity contribution in [1.29, 1.82) is 0 Å². The summed E-state index contributed by atoms with van der Waals surface area (Å²) in [6.07, 6.45) is 10.0. The van der Waals surface area contributed by atoms with E-state index >= 15 is 0 Å². The number of methoxy groups -OCH3 is 1. The number of likely N-dealkylation sites (tertiary alicyclic amines) is 1. The fraction of sp³-hybridized carbons (Fsp3) is 0.408. The highest BCUT2D eigenvalue weighted by Crippen LogP contribution is 2.14. The topological polar surface area (TPSA) is 227 Å². The van der Waals surface area contributed by atoms with E-state index in [1.165, 1.54) is 83.4 Å². The van der Waals surface area contributed by atoms with E-state index in [2.05, 4.69) is 193 Å². The molecule has 20 heteroatoms. The number of thioether (sulfide) groups is 1. The number of aryl methyl sites for hydroxylation is 2. The summed E-state index contributed by atoms with van der Waals surface area (Å²) in [5.41, 5.74) is 7.63. The van der Waals surface area contributed by atoms with Crippen molar-refractivity contribution in [2.45, 2.75) is 90.9 Å². The molecule has 0 radical (unpaired) electrons. The minimum atomic E-state index is -0.206. The number of hydrogen-bond donors (Lipinski definition) is 9. The third kappa shape index (κ3) is 51.5. The molecular formula is C76H126FN11O6S2. The van der Waals surface area contributed by atoms with Crippen LogP contribution in [0.1, 0.15) is 72.2 Å². The Morgan fingerprint density at radius 1 is 0.635 bits per heavy atom. The van der Waals surface area contributed by atoms with E-state index in [0.717, 1.165) is 120 Å². The lowest BCUT2D eigenvalue weighted by molar-refractivity contribution is -0.637. The Balaban J connectivity index is 0.00000106. The number of quaternary nitrogens is 9. The number of carbonyl (C=O) groups is 2. The van der Waals surface area contributed by atoms with E-state index in [-0.39, 0.29) is 23.8 Å². The van der Waals surface area contributed by atoms with Crippen LogP contribution in [-0.2, 0) is 56.2 Å². The van der Waals surface area contributed by atoms with Gasteiger partial charge in [0, 0.05) is 87.9 Å². The zero-order valence-electron chi connectivity index (χ0n) is 59.2. The molecule has 1 atom stereocenters. The van der Waals surface area contributed by atoms with Crippen molar-refractivity contribution >= 4 is 40.7 Å². The number of nitrogens with two attached hydrogens (primary N) is 9. The Labute approximate surface area is 588 Å². The van der Waals surface area contributed by atoms with Gasteiger partial charge in [0.15, 0.2) is 12.6 Å². The Kier molecular flexibility index (Phi) is 61.4. The second-order valence-corrected chi connectivity index (χ2v) is 24.0. The highest BCUT2D eigenvalue weighted by atomic mass is 32.2. The second kappa shape index (κ2) is 65.3. The minimum absolute atomic E-state index is 0.127. The van der Waals surface area contributed by atoms with Gasteiger partial charge in [0.1, 0.15) is 17.3 Å². The molecule has 0 unspecified atom stereocenters. The van der Waals surface area contributed by atoms with Gasteiger partial charge in [0.25, 0.3) is 0 Å². The maximum Gasteiger partial charge on any atom is 0.362 e. The second-order valence-electron chi connectivity index (χ2n) is 22.0. The van der Waals surface area contributed by atoms with E-state index in [0.29, 0.717) is 19.8 Å². The average Bonchev–Trinajstić information content (AvgIpc) is 1.77. The quantitative estimate of drug-likeness (QED) is 0.0145. The first-order valence-corrected chi connectivity index (χ1v) is 35.9. The maximum absolute atomic E-state index is 12.5. The molecule has 18 N–H and O–H groups in total. The van der Waals surface area contributed by atoms with Gasteiger partial charge in [-0.1, -0.05) is 115 Å². The van der Waals surface area contributed by atoms with E-state index in [1.807, 2.05) is 76.1 Å². The normalized spacial score (nSPS) is 12.7. The van der Waals surface area contributed by atoms with Gasteiger partial charge >= 0.3 is 11.9 Å². The number of thiophene rings is 1. The SMILES string of the molecule is [CH2-][NH2+]C1CCN(Cc2ccccc2)CC1.[CH2-][NH2+]CC(=O)OCC.[CH2-][NH2+]CCCc1ccccc1.[CH2-][NH2+]CCN1CCOCC1.[CH2-][NH2+]CCc1ccc(C)cc1.[CH2-][NH2+]CCc1cccs1.[CH2-][NH2+]Cc1cccc(F)c1.[CH2-][NH2+][C@@H](CCSC)C(=O)OCC.[CH2-][NH2+]c1cccc(OC)c1. The summed E-state index contributed by atoms with van der Waals surface area (Å²) in [6.45, 7) is 20.7. The third-order valence-corrected chi connectivity index (χ3v) is 15.9. The summed E-state index contributed by atoms with van der Waals surface area (Å²) < 4.78 is 32.1. The Bertz CT molecular complexity index is 2620. The lowest BCUT2D eigenvalue weighted by Crippen LogP contribution is -2.86. The predicted molar refractivity (Wildman–Crippen MR) is 392 cm³/mol. The molecule has 540 valence electrons.